The van der Waals surface area contributed by atoms with E-state index in [1.807, 2.05) is 0 Å². The Hall–Kier alpha value is -2.59. The number of ether oxygens (including phenoxy) is 1. The molecule has 0 heterocycles. The van der Waals surface area contributed by atoms with E-state index < -0.39 is 18.5 Å². The molecule has 1 aromatic rings. The minimum absolute atomic E-state index is 0.221. The van der Waals surface area contributed by atoms with Crippen LogP contribution in [0.3, 0.4) is 0 Å². The van der Waals surface area contributed by atoms with Gasteiger partial charge in [0, 0.05) is 0 Å². The summed E-state index contributed by atoms with van der Waals surface area (Å²) in [5.74, 6) is -1.39. The number of hydrazone groups is 1. The van der Waals surface area contributed by atoms with Crippen LogP contribution in [0.25, 0.3) is 0 Å². The number of hydrogen-bond acceptors (Lipinski definition) is 5. The monoisotopic (exact) mass is 295 g/mol. The summed E-state index contributed by atoms with van der Waals surface area (Å²) in [6.45, 7) is -0.489. The second kappa shape index (κ2) is 7.76. The molecule has 1 aromatic carbocycles. The molecule has 104 valence electrons. The molecule has 0 bridgehead atoms. The summed E-state index contributed by atoms with van der Waals surface area (Å²) in [5, 5.41) is 20.6. The number of nitrogens with one attached hydrogen (secondary N) is 1. The maximum Gasteiger partial charge on any atom is 0.341 e. The molecule has 0 atom stereocenters. The van der Waals surface area contributed by atoms with Gasteiger partial charge in [0.1, 0.15) is 12.2 Å². The van der Waals surface area contributed by atoms with Crippen LogP contribution >= 0.6 is 11.6 Å². The number of halogens is 1. The summed E-state index contributed by atoms with van der Waals surface area (Å²) in [7, 11) is 0. The summed E-state index contributed by atoms with van der Waals surface area (Å²) in [6, 6.07) is 6.26. The maximum absolute atomic E-state index is 11.0. The number of nitriles is 1. The minimum Gasteiger partial charge on any atom is -0.480 e. The molecule has 0 saturated heterocycles. The number of carbonyl (C=O) groups excluding carboxylic acids is 1. The number of carboxylic acid groups (broad SMARTS) is 1. The number of nitrogens with zero attached hydrogens (tertiary/aromatic N) is 2. The highest BCUT2D eigenvalue weighted by molar-refractivity contribution is 6.32. The lowest BCUT2D eigenvalue weighted by molar-refractivity contribution is -0.139. The van der Waals surface area contributed by atoms with Crippen LogP contribution in [-0.4, -0.2) is 29.8 Å². The number of rotatable bonds is 6. The van der Waals surface area contributed by atoms with E-state index in [1.165, 1.54) is 18.3 Å². The number of hydrogen-bond donors (Lipinski definition) is 2. The van der Waals surface area contributed by atoms with Crippen molar-refractivity contribution in [2.75, 3.05) is 6.61 Å². The highest BCUT2D eigenvalue weighted by Gasteiger charge is 2.05. The smallest absolute Gasteiger partial charge is 0.341 e. The molecule has 0 spiro atoms. The van der Waals surface area contributed by atoms with Gasteiger partial charge in [0.15, 0.2) is 6.61 Å². The Morgan fingerprint density at radius 3 is 2.90 bits per heavy atom. The Labute approximate surface area is 119 Å². The molecule has 0 aromatic heterocycles. The van der Waals surface area contributed by atoms with Crippen LogP contribution in [0.4, 0.5) is 0 Å². The van der Waals surface area contributed by atoms with Crippen molar-refractivity contribution in [1.82, 2.24) is 5.43 Å². The molecule has 2 N–H and O–H groups in total. The van der Waals surface area contributed by atoms with Gasteiger partial charge >= 0.3 is 5.97 Å². The van der Waals surface area contributed by atoms with Crippen molar-refractivity contribution >= 4 is 29.7 Å². The van der Waals surface area contributed by atoms with E-state index >= 15 is 0 Å². The number of amides is 1. The van der Waals surface area contributed by atoms with Crippen LogP contribution in [0.2, 0.25) is 5.02 Å². The molecule has 1 rings (SSSR count). The van der Waals surface area contributed by atoms with Gasteiger partial charge in [-0.3, -0.25) is 4.79 Å². The van der Waals surface area contributed by atoms with E-state index in [0.29, 0.717) is 5.56 Å². The quantitative estimate of drug-likeness (QED) is 0.604. The fourth-order valence-corrected chi connectivity index (χ4v) is 1.39. The number of carbonyl (C=O) groups is 2. The van der Waals surface area contributed by atoms with E-state index in [9.17, 15) is 9.59 Å². The average molecular weight is 296 g/mol. The number of benzene rings is 1. The SMILES string of the molecule is N#CCC(=O)N/N=C\c1ccc(OCC(=O)O)c(Cl)c1. The van der Waals surface area contributed by atoms with E-state index in [0.717, 1.165) is 0 Å². The Kier molecular flexibility index (Phi) is 6.00. The summed E-state index contributed by atoms with van der Waals surface area (Å²) < 4.78 is 4.95. The molecule has 0 fully saturated rings. The van der Waals surface area contributed by atoms with Gasteiger partial charge in [0.2, 0.25) is 0 Å². The van der Waals surface area contributed by atoms with Crippen molar-refractivity contribution in [3.8, 4) is 11.8 Å². The van der Waals surface area contributed by atoms with Gasteiger partial charge in [-0.2, -0.15) is 10.4 Å². The molecule has 0 radical (unpaired) electrons. The van der Waals surface area contributed by atoms with Crippen LogP contribution in [-0.2, 0) is 9.59 Å². The van der Waals surface area contributed by atoms with Crippen LogP contribution in [0.15, 0.2) is 23.3 Å². The Bertz CT molecular complexity index is 581. The highest BCUT2D eigenvalue weighted by Crippen LogP contribution is 2.24. The summed E-state index contributed by atoms with van der Waals surface area (Å²) in [6.07, 6.45) is 1.06. The van der Waals surface area contributed by atoms with E-state index in [2.05, 4.69) is 10.5 Å². The zero-order valence-electron chi connectivity index (χ0n) is 10.2. The Morgan fingerprint density at radius 2 is 2.30 bits per heavy atom. The van der Waals surface area contributed by atoms with Crippen molar-refractivity contribution in [2.45, 2.75) is 6.42 Å². The van der Waals surface area contributed by atoms with Crippen molar-refractivity contribution < 1.29 is 19.4 Å². The number of aliphatic carboxylic acids is 1. The largest absolute Gasteiger partial charge is 0.480 e. The predicted octanol–water partition coefficient (Wildman–Crippen LogP) is 1.17. The highest BCUT2D eigenvalue weighted by atomic mass is 35.5. The minimum atomic E-state index is -1.10. The molecular weight excluding hydrogens is 286 g/mol. The van der Waals surface area contributed by atoms with Gasteiger partial charge in [-0.05, 0) is 23.8 Å². The molecule has 0 aliphatic rings. The van der Waals surface area contributed by atoms with Crippen molar-refractivity contribution in [3.63, 3.8) is 0 Å². The van der Waals surface area contributed by atoms with Gasteiger partial charge < -0.3 is 9.84 Å². The van der Waals surface area contributed by atoms with Crippen molar-refractivity contribution in [2.24, 2.45) is 5.10 Å². The first-order valence-electron chi connectivity index (χ1n) is 5.36. The summed E-state index contributed by atoms with van der Waals surface area (Å²) in [5.41, 5.74) is 2.74. The van der Waals surface area contributed by atoms with E-state index in [1.54, 1.807) is 12.1 Å². The zero-order chi connectivity index (χ0) is 15.0. The Balaban J connectivity index is 2.63. The van der Waals surface area contributed by atoms with Crippen molar-refractivity contribution in [1.29, 1.82) is 5.26 Å². The number of carboxylic acids is 1. The van der Waals surface area contributed by atoms with Gasteiger partial charge in [-0.1, -0.05) is 11.6 Å². The van der Waals surface area contributed by atoms with Crippen LogP contribution in [0.5, 0.6) is 5.75 Å². The molecule has 20 heavy (non-hydrogen) atoms. The average Bonchev–Trinajstić information content (AvgIpc) is 2.38. The standard InChI is InChI=1S/C12H10ClN3O4/c13-9-5-8(6-15-16-11(17)3-4-14)1-2-10(9)20-7-12(18)19/h1-2,5-6H,3,7H2,(H,16,17)(H,18,19)/b15-6-. The lowest BCUT2D eigenvalue weighted by atomic mass is 10.2. The Morgan fingerprint density at radius 1 is 1.55 bits per heavy atom. The molecule has 0 unspecified atom stereocenters. The van der Waals surface area contributed by atoms with E-state index in [-0.39, 0.29) is 17.2 Å². The lowest BCUT2D eigenvalue weighted by Crippen LogP contribution is -2.16. The molecule has 8 heteroatoms. The third-order valence-corrected chi connectivity index (χ3v) is 2.24. The van der Waals surface area contributed by atoms with Crippen LogP contribution < -0.4 is 10.2 Å². The molecule has 0 aliphatic heterocycles. The topological polar surface area (TPSA) is 112 Å². The van der Waals surface area contributed by atoms with Gasteiger partial charge in [-0.15, -0.1) is 0 Å². The maximum atomic E-state index is 11.0. The van der Waals surface area contributed by atoms with Gasteiger partial charge in [0.05, 0.1) is 17.3 Å². The molecule has 0 saturated carbocycles. The fourth-order valence-electron chi connectivity index (χ4n) is 1.14. The molecule has 1 amide bonds. The molecular formula is C12H10ClN3O4. The first-order valence-corrected chi connectivity index (χ1v) is 5.73. The second-order valence-corrected chi connectivity index (χ2v) is 3.91. The fraction of sp³-hybridized carbons (Fsp3) is 0.167. The molecule has 7 nitrogen and oxygen atoms in total. The van der Waals surface area contributed by atoms with E-state index in [4.69, 9.17) is 26.7 Å². The van der Waals surface area contributed by atoms with Crippen molar-refractivity contribution in [3.05, 3.63) is 28.8 Å². The lowest BCUT2D eigenvalue weighted by Gasteiger charge is -2.05. The van der Waals surface area contributed by atoms with Crippen LogP contribution in [0, 0.1) is 11.3 Å². The summed E-state index contributed by atoms with van der Waals surface area (Å²) >= 11 is 5.89. The third kappa shape index (κ3) is 5.37. The molecule has 0 aliphatic carbocycles. The van der Waals surface area contributed by atoms with Gasteiger partial charge in [0.25, 0.3) is 5.91 Å². The third-order valence-electron chi connectivity index (χ3n) is 1.95. The zero-order valence-corrected chi connectivity index (χ0v) is 10.9. The van der Waals surface area contributed by atoms with Gasteiger partial charge in [-0.25, -0.2) is 10.2 Å². The normalized spacial score (nSPS) is 10.0. The first kappa shape index (κ1) is 15.5. The van der Waals surface area contributed by atoms with Crippen LogP contribution in [0.1, 0.15) is 12.0 Å². The second-order valence-electron chi connectivity index (χ2n) is 3.50. The predicted molar refractivity (Wildman–Crippen MR) is 70.5 cm³/mol. The first-order chi connectivity index (χ1) is 9.52. The summed E-state index contributed by atoms with van der Waals surface area (Å²) in [4.78, 5) is 21.3.